The molecule has 0 unspecified atom stereocenters. The number of hydrogen-bond donors (Lipinski definition) is 2. The summed E-state index contributed by atoms with van der Waals surface area (Å²) in [5.41, 5.74) is -0.0899. The van der Waals surface area contributed by atoms with Crippen molar-refractivity contribution in [2.45, 2.75) is 18.6 Å². The quantitative estimate of drug-likeness (QED) is 0.871. The number of alkyl halides is 3. The van der Waals surface area contributed by atoms with Crippen molar-refractivity contribution in [3.05, 3.63) is 23.8 Å². The third kappa shape index (κ3) is 4.05. The number of carbonyl (C=O) groups excluding carboxylic acids is 2. The van der Waals surface area contributed by atoms with Gasteiger partial charge < -0.3 is 20.1 Å². The van der Waals surface area contributed by atoms with Crippen molar-refractivity contribution in [2.75, 3.05) is 20.2 Å². The van der Waals surface area contributed by atoms with Crippen molar-refractivity contribution in [3.8, 4) is 11.5 Å². The van der Waals surface area contributed by atoms with Crippen LogP contribution in [0.25, 0.3) is 0 Å². The summed E-state index contributed by atoms with van der Waals surface area (Å²) < 4.78 is 41.9. The first kappa shape index (κ1) is 16.9. The summed E-state index contributed by atoms with van der Waals surface area (Å²) in [6.07, 6.45) is -4.40. The second-order valence-corrected chi connectivity index (χ2v) is 5.07. The molecule has 1 fully saturated rings. The molecule has 1 heterocycles. The van der Waals surface area contributed by atoms with Gasteiger partial charge in [-0.05, 0) is 18.6 Å². The summed E-state index contributed by atoms with van der Waals surface area (Å²) in [6.45, 7) is -1.43. The van der Waals surface area contributed by atoms with Gasteiger partial charge in [0.05, 0.1) is 12.7 Å². The van der Waals surface area contributed by atoms with Crippen LogP contribution in [0, 0.1) is 0 Å². The van der Waals surface area contributed by atoms with Crippen LogP contribution in [0.1, 0.15) is 16.8 Å². The van der Waals surface area contributed by atoms with Gasteiger partial charge in [-0.25, -0.2) is 0 Å². The lowest BCUT2D eigenvalue weighted by Crippen LogP contribution is -2.43. The van der Waals surface area contributed by atoms with Crippen LogP contribution in [0.3, 0.4) is 0 Å². The van der Waals surface area contributed by atoms with Crippen molar-refractivity contribution < 1.29 is 32.6 Å². The van der Waals surface area contributed by atoms with Gasteiger partial charge >= 0.3 is 6.18 Å². The maximum absolute atomic E-state index is 12.3. The number of phenols is 1. The van der Waals surface area contributed by atoms with Gasteiger partial charge in [0.2, 0.25) is 5.91 Å². The molecule has 0 radical (unpaired) electrons. The lowest BCUT2D eigenvalue weighted by Gasteiger charge is -2.18. The van der Waals surface area contributed by atoms with Gasteiger partial charge in [0, 0.05) is 12.6 Å². The number of nitrogens with zero attached hydrogens (tertiary/aromatic N) is 1. The zero-order chi connectivity index (χ0) is 17.2. The minimum absolute atomic E-state index is 0.0809. The Morgan fingerprint density at radius 1 is 1.48 bits per heavy atom. The number of nitrogens with one attached hydrogen (secondary N) is 1. The first-order valence-corrected chi connectivity index (χ1v) is 6.74. The second kappa shape index (κ2) is 6.35. The number of benzene rings is 1. The van der Waals surface area contributed by atoms with E-state index in [1.54, 1.807) is 0 Å². The summed E-state index contributed by atoms with van der Waals surface area (Å²) in [5, 5.41) is 12.1. The van der Waals surface area contributed by atoms with Gasteiger partial charge in [0.25, 0.3) is 5.91 Å². The Kier molecular flexibility index (Phi) is 4.67. The van der Waals surface area contributed by atoms with E-state index in [2.05, 4.69) is 5.32 Å². The molecule has 1 aliphatic heterocycles. The number of halogens is 3. The van der Waals surface area contributed by atoms with Gasteiger partial charge in [-0.3, -0.25) is 9.59 Å². The van der Waals surface area contributed by atoms with E-state index in [0.717, 1.165) is 0 Å². The molecule has 2 rings (SSSR count). The number of carbonyl (C=O) groups is 2. The van der Waals surface area contributed by atoms with E-state index in [9.17, 15) is 27.9 Å². The van der Waals surface area contributed by atoms with Crippen LogP contribution < -0.4 is 10.1 Å². The number of likely N-dealkylation sites (tertiary alicyclic amines) is 1. The van der Waals surface area contributed by atoms with Gasteiger partial charge in [-0.15, -0.1) is 0 Å². The minimum Gasteiger partial charge on any atom is -0.507 e. The predicted octanol–water partition coefficient (Wildman–Crippen LogP) is 1.29. The highest BCUT2D eigenvalue weighted by Gasteiger charge is 2.39. The molecule has 2 amide bonds. The minimum atomic E-state index is -4.48. The average Bonchev–Trinajstić information content (AvgIpc) is 2.78. The number of methoxy groups -OCH3 is 1. The number of hydrogen-bond acceptors (Lipinski definition) is 4. The fourth-order valence-electron chi connectivity index (χ4n) is 2.31. The first-order chi connectivity index (χ1) is 10.7. The summed E-state index contributed by atoms with van der Waals surface area (Å²) in [6, 6.07) is 2.94. The smallest absolute Gasteiger partial charge is 0.406 e. The lowest BCUT2D eigenvalue weighted by molar-refractivity contribution is -0.157. The molecule has 2 N–H and O–H groups in total. The van der Waals surface area contributed by atoms with Crippen LogP contribution in [0.15, 0.2) is 18.2 Å². The van der Waals surface area contributed by atoms with Crippen molar-refractivity contribution in [1.29, 1.82) is 0 Å². The SMILES string of the molecule is COc1ccc(C(=O)N[C@@H]2CCN(CC(F)(F)F)C2=O)c(O)c1. The van der Waals surface area contributed by atoms with Crippen LogP contribution in [-0.4, -0.2) is 54.2 Å². The summed E-state index contributed by atoms with van der Waals surface area (Å²) >= 11 is 0. The number of rotatable bonds is 4. The maximum atomic E-state index is 12.3. The zero-order valence-electron chi connectivity index (χ0n) is 12.2. The Morgan fingerprint density at radius 3 is 2.74 bits per heavy atom. The van der Waals surface area contributed by atoms with E-state index in [1.165, 1.54) is 25.3 Å². The molecule has 1 aromatic rings. The fraction of sp³-hybridized carbons (Fsp3) is 0.429. The molecule has 1 aromatic carbocycles. The highest BCUT2D eigenvalue weighted by Crippen LogP contribution is 2.24. The number of ether oxygens (including phenoxy) is 1. The number of phenolic OH excluding ortho intramolecular Hbond substituents is 1. The molecular formula is C14H15F3N2O4. The summed E-state index contributed by atoms with van der Waals surface area (Å²) in [7, 11) is 1.39. The highest BCUT2D eigenvalue weighted by molar-refractivity contribution is 6.00. The van der Waals surface area contributed by atoms with E-state index < -0.39 is 30.6 Å². The largest absolute Gasteiger partial charge is 0.507 e. The molecule has 1 aliphatic rings. The van der Waals surface area contributed by atoms with E-state index in [0.29, 0.717) is 10.6 Å². The fourth-order valence-corrected chi connectivity index (χ4v) is 2.31. The molecule has 0 aliphatic carbocycles. The van der Waals surface area contributed by atoms with Crippen molar-refractivity contribution >= 4 is 11.8 Å². The van der Waals surface area contributed by atoms with E-state index in [4.69, 9.17) is 4.74 Å². The van der Waals surface area contributed by atoms with Crippen LogP contribution in [-0.2, 0) is 4.79 Å². The highest BCUT2D eigenvalue weighted by atomic mass is 19.4. The maximum Gasteiger partial charge on any atom is 0.406 e. The molecule has 0 bridgehead atoms. The van der Waals surface area contributed by atoms with Crippen LogP contribution in [0.2, 0.25) is 0 Å². The number of amides is 2. The molecular weight excluding hydrogens is 317 g/mol. The molecule has 0 saturated carbocycles. The monoisotopic (exact) mass is 332 g/mol. The Bertz CT molecular complexity index is 619. The summed E-state index contributed by atoms with van der Waals surface area (Å²) in [4.78, 5) is 24.6. The van der Waals surface area contributed by atoms with Gasteiger partial charge in [0.15, 0.2) is 0 Å². The molecule has 1 atom stereocenters. The molecule has 23 heavy (non-hydrogen) atoms. The van der Waals surface area contributed by atoms with Crippen LogP contribution in [0.4, 0.5) is 13.2 Å². The van der Waals surface area contributed by atoms with Crippen LogP contribution >= 0.6 is 0 Å². The Morgan fingerprint density at radius 2 is 2.17 bits per heavy atom. The Balaban J connectivity index is 2.03. The van der Waals surface area contributed by atoms with Gasteiger partial charge in [-0.2, -0.15) is 13.2 Å². The lowest BCUT2D eigenvalue weighted by atomic mass is 10.1. The van der Waals surface area contributed by atoms with Gasteiger partial charge in [0.1, 0.15) is 24.1 Å². The molecule has 6 nitrogen and oxygen atoms in total. The second-order valence-electron chi connectivity index (χ2n) is 5.07. The average molecular weight is 332 g/mol. The first-order valence-electron chi connectivity index (χ1n) is 6.74. The molecule has 1 saturated heterocycles. The normalized spacial score (nSPS) is 18.2. The Labute approximate surface area is 129 Å². The van der Waals surface area contributed by atoms with Crippen molar-refractivity contribution in [1.82, 2.24) is 10.2 Å². The predicted molar refractivity (Wildman–Crippen MR) is 73.2 cm³/mol. The zero-order valence-corrected chi connectivity index (χ0v) is 12.2. The van der Waals surface area contributed by atoms with Crippen LogP contribution in [0.5, 0.6) is 11.5 Å². The third-order valence-corrected chi connectivity index (χ3v) is 3.42. The van der Waals surface area contributed by atoms with Crippen molar-refractivity contribution in [3.63, 3.8) is 0 Å². The Hall–Kier alpha value is -2.45. The number of aromatic hydroxyl groups is 1. The molecule has 0 spiro atoms. The van der Waals surface area contributed by atoms with E-state index in [-0.39, 0.29) is 24.3 Å². The van der Waals surface area contributed by atoms with E-state index in [1.807, 2.05) is 0 Å². The van der Waals surface area contributed by atoms with E-state index >= 15 is 0 Å². The molecule has 9 heteroatoms. The van der Waals surface area contributed by atoms with Gasteiger partial charge in [-0.1, -0.05) is 0 Å². The standard InChI is InChI=1S/C14H15F3N2O4/c1-23-8-2-3-9(11(20)6-8)12(21)18-10-4-5-19(13(10)22)7-14(15,16)17/h2-3,6,10,20H,4-5,7H2,1H3,(H,18,21)/t10-/m1/s1. The topological polar surface area (TPSA) is 78.9 Å². The molecule has 126 valence electrons. The molecule has 0 aromatic heterocycles. The summed E-state index contributed by atoms with van der Waals surface area (Å²) in [5.74, 6) is -1.53. The van der Waals surface area contributed by atoms with Crippen molar-refractivity contribution in [2.24, 2.45) is 0 Å². The third-order valence-electron chi connectivity index (χ3n) is 3.42.